The van der Waals surface area contributed by atoms with Crippen LogP contribution in [0, 0.1) is 0 Å². The zero-order valence-corrected chi connectivity index (χ0v) is 11.4. The fraction of sp³-hybridized carbons (Fsp3) is 0.467. The molecule has 19 heavy (non-hydrogen) atoms. The summed E-state index contributed by atoms with van der Waals surface area (Å²) in [6.07, 6.45) is 0.744. The first-order chi connectivity index (χ1) is 9.15. The normalized spacial score (nSPS) is 20.8. The molecule has 0 aromatic heterocycles. The van der Waals surface area contributed by atoms with Gasteiger partial charge in [0.1, 0.15) is 6.04 Å². The van der Waals surface area contributed by atoms with Crippen molar-refractivity contribution in [2.45, 2.75) is 32.2 Å². The number of nitrogens with one attached hydrogen (secondary N) is 1. The molecule has 1 aromatic rings. The molecule has 0 saturated carbocycles. The van der Waals surface area contributed by atoms with Crippen LogP contribution in [0.15, 0.2) is 30.3 Å². The van der Waals surface area contributed by atoms with Gasteiger partial charge in [-0.25, -0.2) is 0 Å². The van der Waals surface area contributed by atoms with E-state index in [2.05, 4.69) is 5.32 Å². The Balaban J connectivity index is 2.19. The minimum atomic E-state index is -0.376. The van der Waals surface area contributed by atoms with Crippen molar-refractivity contribution in [1.82, 2.24) is 10.2 Å². The Morgan fingerprint density at radius 1 is 1.42 bits per heavy atom. The summed E-state index contributed by atoms with van der Waals surface area (Å²) >= 11 is 0. The summed E-state index contributed by atoms with van der Waals surface area (Å²) < 4.78 is 0. The van der Waals surface area contributed by atoms with Crippen molar-refractivity contribution in [2.75, 3.05) is 13.1 Å². The summed E-state index contributed by atoms with van der Waals surface area (Å²) in [4.78, 5) is 26.0. The van der Waals surface area contributed by atoms with Crippen molar-refractivity contribution in [1.29, 1.82) is 0 Å². The number of nitrogens with zero attached hydrogens (tertiary/aromatic N) is 1. The number of piperazine rings is 1. The van der Waals surface area contributed by atoms with E-state index in [0.717, 1.165) is 12.0 Å². The van der Waals surface area contributed by atoms with Gasteiger partial charge in [0.2, 0.25) is 11.8 Å². The van der Waals surface area contributed by atoms with E-state index in [-0.39, 0.29) is 23.8 Å². The molecular weight excluding hydrogens is 240 g/mol. The monoisotopic (exact) mass is 260 g/mol. The van der Waals surface area contributed by atoms with Crippen LogP contribution in [0.1, 0.15) is 31.7 Å². The minimum Gasteiger partial charge on any atom is -0.353 e. The average molecular weight is 260 g/mol. The number of hydrogen-bond donors (Lipinski definition) is 1. The van der Waals surface area contributed by atoms with Crippen LogP contribution < -0.4 is 5.32 Å². The van der Waals surface area contributed by atoms with Crippen molar-refractivity contribution in [2.24, 2.45) is 0 Å². The fourth-order valence-electron chi connectivity index (χ4n) is 2.52. The number of carbonyl (C=O) groups excluding carboxylic acids is 2. The van der Waals surface area contributed by atoms with E-state index in [0.29, 0.717) is 13.1 Å². The Hall–Kier alpha value is -1.84. The summed E-state index contributed by atoms with van der Waals surface area (Å²) in [5.41, 5.74) is 1.02. The van der Waals surface area contributed by atoms with Crippen LogP contribution >= 0.6 is 0 Å². The molecule has 1 aromatic carbocycles. The fourth-order valence-corrected chi connectivity index (χ4v) is 2.52. The molecule has 1 aliphatic heterocycles. The molecule has 1 aliphatic rings. The highest BCUT2D eigenvalue weighted by atomic mass is 16.2. The van der Waals surface area contributed by atoms with Gasteiger partial charge in [-0.15, -0.1) is 0 Å². The lowest BCUT2D eigenvalue weighted by Gasteiger charge is -2.35. The van der Waals surface area contributed by atoms with Gasteiger partial charge >= 0.3 is 0 Å². The number of amides is 2. The Morgan fingerprint density at radius 2 is 2.11 bits per heavy atom. The van der Waals surface area contributed by atoms with Gasteiger partial charge in [0, 0.05) is 13.1 Å². The number of hydrogen-bond acceptors (Lipinski definition) is 2. The topological polar surface area (TPSA) is 49.4 Å². The summed E-state index contributed by atoms with van der Waals surface area (Å²) in [6.45, 7) is 4.92. The SMILES string of the molecule is CCC(C(=O)N1CCNC(=O)C1C)c1ccccc1. The number of carbonyl (C=O) groups is 2. The van der Waals surface area contributed by atoms with Crippen LogP contribution in [-0.2, 0) is 9.59 Å². The molecule has 2 amide bonds. The van der Waals surface area contributed by atoms with Crippen LogP contribution in [0.4, 0.5) is 0 Å². The molecule has 0 spiro atoms. The molecule has 1 saturated heterocycles. The number of benzene rings is 1. The Labute approximate surface area is 113 Å². The first-order valence-electron chi connectivity index (χ1n) is 6.78. The lowest BCUT2D eigenvalue weighted by molar-refractivity contribution is -0.143. The lowest BCUT2D eigenvalue weighted by atomic mass is 9.94. The van der Waals surface area contributed by atoms with Gasteiger partial charge in [-0.1, -0.05) is 37.3 Å². The Morgan fingerprint density at radius 3 is 2.74 bits per heavy atom. The Bertz CT molecular complexity index is 458. The third kappa shape index (κ3) is 2.78. The van der Waals surface area contributed by atoms with E-state index in [1.165, 1.54) is 0 Å². The van der Waals surface area contributed by atoms with Crippen molar-refractivity contribution in [3.63, 3.8) is 0 Å². The van der Waals surface area contributed by atoms with Crippen LogP contribution in [0.2, 0.25) is 0 Å². The van der Waals surface area contributed by atoms with Crippen molar-refractivity contribution >= 4 is 11.8 Å². The Kier molecular flexibility index (Phi) is 4.20. The molecule has 1 fully saturated rings. The molecule has 1 heterocycles. The third-order valence-electron chi connectivity index (χ3n) is 3.69. The van der Waals surface area contributed by atoms with Gasteiger partial charge in [0.05, 0.1) is 5.92 Å². The maximum atomic E-state index is 12.6. The van der Waals surface area contributed by atoms with Gasteiger partial charge in [0.25, 0.3) is 0 Å². The van der Waals surface area contributed by atoms with Gasteiger partial charge in [-0.2, -0.15) is 0 Å². The van der Waals surface area contributed by atoms with Crippen LogP contribution in [0.3, 0.4) is 0 Å². The minimum absolute atomic E-state index is 0.0519. The lowest BCUT2D eigenvalue weighted by Crippen LogP contribution is -2.56. The third-order valence-corrected chi connectivity index (χ3v) is 3.69. The van der Waals surface area contributed by atoms with Crippen molar-refractivity contribution in [3.8, 4) is 0 Å². The average Bonchev–Trinajstić information content (AvgIpc) is 2.44. The van der Waals surface area contributed by atoms with Crippen molar-refractivity contribution < 1.29 is 9.59 Å². The first-order valence-corrected chi connectivity index (χ1v) is 6.78. The predicted octanol–water partition coefficient (Wildman–Crippen LogP) is 1.53. The first kappa shape index (κ1) is 13.6. The molecule has 2 unspecified atom stereocenters. The van der Waals surface area contributed by atoms with E-state index >= 15 is 0 Å². The highest BCUT2D eigenvalue weighted by molar-refractivity contribution is 5.91. The second-order valence-corrected chi connectivity index (χ2v) is 4.87. The largest absolute Gasteiger partial charge is 0.353 e. The van der Waals surface area contributed by atoms with E-state index in [1.54, 1.807) is 11.8 Å². The molecule has 0 bridgehead atoms. The van der Waals surface area contributed by atoms with Crippen molar-refractivity contribution in [3.05, 3.63) is 35.9 Å². The van der Waals surface area contributed by atoms with Gasteiger partial charge in [0.15, 0.2) is 0 Å². The van der Waals surface area contributed by atoms with E-state index in [9.17, 15) is 9.59 Å². The van der Waals surface area contributed by atoms with Crippen LogP contribution in [-0.4, -0.2) is 35.8 Å². The smallest absolute Gasteiger partial charge is 0.242 e. The second-order valence-electron chi connectivity index (χ2n) is 4.87. The maximum Gasteiger partial charge on any atom is 0.242 e. The standard InChI is InChI=1S/C15H20N2O2/c1-3-13(12-7-5-4-6-8-12)15(19)17-10-9-16-14(18)11(17)2/h4-8,11,13H,3,9-10H2,1-2H3,(H,16,18). The molecule has 1 N–H and O–H groups in total. The highest BCUT2D eigenvalue weighted by Crippen LogP contribution is 2.23. The van der Waals surface area contributed by atoms with Gasteiger partial charge in [-0.3, -0.25) is 9.59 Å². The molecule has 4 heteroatoms. The van der Waals surface area contributed by atoms with Crippen LogP contribution in [0.5, 0.6) is 0 Å². The molecule has 102 valence electrons. The summed E-state index contributed by atoms with van der Waals surface area (Å²) in [7, 11) is 0. The quantitative estimate of drug-likeness (QED) is 0.896. The maximum absolute atomic E-state index is 12.6. The second kappa shape index (κ2) is 5.87. The molecule has 0 aliphatic carbocycles. The summed E-state index contributed by atoms with van der Waals surface area (Å²) in [6, 6.07) is 9.40. The van der Waals surface area contributed by atoms with E-state index in [4.69, 9.17) is 0 Å². The summed E-state index contributed by atoms with van der Waals surface area (Å²) in [5.74, 6) is -0.173. The molecule has 4 nitrogen and oxygen atoms in total. The zero-order valence-electron chi connectivity index (χ0n) is 11.4. The summed E-state index contributed by atoms with van der Waals surface area (Å²) in [5, 5.41) is 2.78. The van der Waals surface area contributed by atoms with E-state index in [1.807, 2.05) is 37.3 Å². The molecule has 0 radical (unpaired) electrons. The van der Waals surface area contributed by atoms with Gasteiger partial charge < -0.3 is 10.2 Å². The highest BCUT2D eigenvalue weighted by Gasteiger charge is 2.33. The van der Waals surface area contributed by atoms with E-state index < -0.39 is 0 Å². The van der Waals surface area contributed by atoms with Crippen LogP contribution in [0.25, 0.3) is 0 Å². The number of rotatable bonds is 3. The van der Waals surface area contributed by atoms with Gasteiger partial charge in [-0.05, 0) is 18.9 Å². The molecular formula is C15H20N2O2. The predicted molar refractivity (Wildman–Crippen MR) is 73.7 cm³/mol. The molecule has 2 atom stereocenters. The molecule has 2 rings (SSSR count). The zero-order chi connectivity index (χ0) is 13.8.